The maximum atomic E-state index is 6.01. The average Bonchev–Trinajstić information content (AvgIpc) is 2.51. The molecule has 2 fully saturated rings. The Labute approximate surface area is 86.5 Å². The summed E-state index contributed by atoms with van der Waals surface area (Å²) >= 11 is 0. The van der Waals surface area contributed by atoms with Crippen molar-refractivity contribution in [3.8, 4) is 0 Å². The van der Waals surface area contributed by atoms with Gasteiger partial charge < -0.3 is 14.2 Å². The van der Waals surface area contributed by atoms with E-state index in [1.165, 1.54) is 0 Å². The van der Waals surface area contributed by atoms with Crippen LogP contribution in [0.1, 0.15) is 13.3 Å². The van der Waals surface area contributed by atoms with Gasteiger partial charge in [0.05, 0.1) is 12.7 Å². The molecule has 5 atom stereocenters. The molecule has 0 aromatic heterocycles. The van der Waals surface area contributed by atoms with Crippen molar-refractivity contribution < 1.29 is 14.2 Å². The molecule has 3 nitrogen and oxygen atoms in total. The minimum Gasteiger partial charge on any atom is -0.382 e. The Morgan fingerprint density at radius 3 is 2.71 bits per heavy atom. The average molecular weight is 198 g/mol. The first kappa shape index (κ1) is 10.5. The van der Waals surface area contributed by atoms with Gasteiger partial charge >= 0.3 is 0 Å². The van der Waals surface area contributed by atoms with Crippen molar-refractivity contribution in [3.05, 3.63) is 0 Å². The van der Waals surface area contributed by atoms with Crippen LogP contribution in [0, 0.1) is 11.8 Å². The highest BCUT2D eigenvalue weighted by atomic mass is 16.6. The highest BCUT2D eigenvalue weighted by Gasteiger charge is 2.61. The highest BCUT2D eigenvalue weighted by molar-refractivity contribution is 6.11. The second-order valence-electron chi connectivity index (χ2n) is 4.74. The van der Waals surface area contributed by atoms with Crippen molar-refractivity contribution in [1.29, 1.82) is 0 Å². The Bertz CT molecular complexity index is 209. The van der Waals surface area contributed by atoms with Crippen LogP contribution in [0.3, 0.4) is 0 Å². The lowest BCUT2D eigenvalue weighted by molar-refractivity contribution is -0.119. The van der Waals surface area contributed by atoms with Crippen LogP contribution in [0.25, 0.3) is 0 Å². The smallest absolute Gasteiger partial charge is 0.139 e. The molecular formula is C10H19BO3. The van der Waals surface area contributed by atoms with Gasteiger partial charge in [0.15, 0.2) is 0 Å². The van der Waals surface area contributed by atoms with E-state index in [2.05, 4.69) is 14.8 Å². The van der Waals surface area contributed by atoms with Gasteiger partial charge in [-0.25, -0.2) is 0 Å². The van der Waals surface area contributed by atoms with Crippen molar-refractivity contribution >= 4 is 7.85 Å². The van der Waals surface area contributed by atoms with Crippen LogP contribution in [0.15, 0.2) is 0 Å². The van der Waals surface area contributed by atoms with Crippen LogP contribution in [0.2, 0.25) is 0 Å². The summed E-state index contributed by atoms with van der Waals surface area (Å²) in [5.74, 6) is 1.22. The molecule has 2 aliphatic rings. The molecular weight excluding hydrogens is 179 g/mol. The molecule has 80 valence electrons. The number of hydrogen-bond donors (Lipinski definition) is 0. The van der Waals surface area contributed by atoms with E-state index in [4.69, 9.17) is 14.2 Å². The Hall–Kier alpha value is -0.0551. The predicted molar refractivity (Wildman–Crippen MR) is 56.1 cm³/mol. The van der Waals surface area contributed by atoms with Gasteiger partial charge in [-0.2, -0.15) is 0 Å². The van der Waals surface area contributed by atoms with Crippen molar-refractivity contribution in [2.45, 2.75) is 31.1 Å². The molecule has 0 aromatic carbocycles. The molecule has 1 aliphatic carbocycles. The SMILES string of the molecule is BC1OC2(COC)CC(C)C1C2OC. The predicted octanol–water partition coefficient (Wildman–Crippen LogP) is 0.0320. The van der Waals surface area contributed by atoms with Crippen molar-refractivity contribution in [2.24, 2.45) is 11.8 Å². The summed E-state index contributed by atoms with van der Waals surface area (Å²) in [6, 6.07) is 0.304. The van der Waals surface area contributed by atoms with E-state index in [0.717, 1.165) is 6.42 Å². The third-order valence-electron chi connectivity index (χ3n) is 3.80. The largest absolute Gasteiger partial charge is 0.382 e. The normalized spacial score (nSPS) is 51.4. The van der Waals surface area contributed by atoms with Gasteiger partial charge in [-0.05, 0) is 12.3 Å². The van der Waals surface area contributed by atoms with Crippen molar-refractivity contribution in [3.63, 3.8) is 0 Å². The minimum atomic E-state index is -0.174. The molecule has 0 N–H and O–H groups in total. The topological polar surface area (TPSA) is 27.7 Å². The number of hydrogen-bond acceptors (Lipinski definition) is 3. The molecule has 14 heavy (non-hydrogen) atoms. The van der Waals surface area contributed by atoms with Crippen LogP contribution in [0.4, 0.5) is 0 Å². The van der Waals surface area contributed by atoms with Crippen molar-refractivity contribution in [2.75, 3.05) is 20.8 Å². The first-order valence-corrected chi connectivity index (χ1v) is 5.34. The molecule has 1 saturated heterocycles. The molecule has 0 amide bonds. The van der Waals surface area contributed by atoms with E-state index in [1.54, 1.807) is 14.2 Å². The fourth-order valence-corrected chi connectivity index (χ4v) is 3.51. The standard InChI is InChI=1S/C10H19BO3/c1-6-4-10(5-12-2)8(13-3)7(6)9(11)14-10/h6-9H,4-5,11H2,1-3H3. The van der Waals surface area contributed by atoms with Gasteiger partial charge in [0.2, 0.25) is 0 Å². The van der Waals surface area contributed by atoms with Crippen LogP contribution >= 0.6 is 0 Å². The molecule has 0 aromatic rings. The Morgan fingerprint density at radius 2 is 2.21 bits per heavy atom. The molecule has 2 rings (SSSR count). The lowest BCUT2D eigenvalue weighted by Crippen LogP contribution is -2.43. The van der Waals surface area contributed by atoms with Gasteiger partial charge in [0.1, 0.15) is 13.4 Å². The van der Waals surface area contributed by atoms with E-state index in [1.807, 2.05) is 0 Å². The summed E-state index contributed by atoms with van der Waals surface area (Å²) < 4.78 is 16.9. The number of methoxy groups -OCH3 is 2. The quantitative estimate of drug-likeness (QED) is 0.599. The van der Waals surface area contributed by atoms with Crippen LogP contribution in [-0.2, 0) is 14.2 Å². The molecule has 1 heterocycles. The van der Waals surface area contributed by atoms with E-state index >= 15 is 0 Å². The summed E-state index contributed by atoms with van der Waals surface area (Å²) in [7, 11) is 5.65. The number of fused-ring (bicyclic) bond motifs is 2. The van der Waals surface area contributed by atoms with Crippen LogP contribution < -0.4 is 0 Å². The van der Waals surface area contributed by atoms with Gasteiger partial charge in [-0.3, -0.25) is 0 Å². The summed E-state index contributed by atoms with van der Waals surface area (Å²) in [5.41, 5.74) is -0.174. The lowest BCUT2D eigenvalue weighted by Gasteiger charge is -2.32. The highest BCUT2D eigenvalue weighted by Crippen LogP contribution is 2.51. The second-order valence-corrected chi connectivity index (χ2v) is 4.74. The third kappa shape index (κ3) is 1.24. The zero-order valence-corrected chi connectivity index (χ0v) is 9.45. The zero-order valence-electron chi connectivity index (χ0n) is 9.45. The maximum Gasteiger partial charge on any atom is 0.139 e. The molecule has 5 unspecified atom stereocenters. The Balaban J connectivity index is 2.23. The van der Waals surface area contributed by atoms with Gasteiger partial charge in [-0.15, -0.1) is 0 Å². The van der Waals surface area contributed by atoms with Gasteiger partial charge in [0.25, 0.3) is 0 Å². The summed E-state index contributed by atoms with van der Waals surface area (Å²) in [6.45, 7) is 2.93. The molecule has 1 saturated carbocycles. The summed E-state index contributed by atoms with van der Waals surface area (Å²) in [4.78, 5) is 0. The first-order chi connectivity index (χ1) is 6.64. The molecule has 4 heteroatoms. The van der Waals surface area contributed by atoms with E-state index in [-0.39, 0.29) is 11.7 Å². The molecule has 0 radical (unpaired) electrons. The van der Waals surface area contributed by atoms with Gasteiger partial charge in [-0.1, -0.05) is 6.92 Å². The minimum absolute atomic E-state index is 0.174. The monoisotopic (exact) mass is 198 g/mol. The third-order valence-corrected chi connectivity index (χ3v) is 3.80. The Morgan fingerprint density at radius 1 is 1.50 bits per heavy atom. The van der Waals surface area contributed by atoms with Crippen LogP contribution in [0.5, 0.6) is 0 Å². The summed E-state index contributed by atoms with van der Waals surface area (Å²) in [6.07, 6.45) is 1.28. The molecule has 1 aliphatic heterocycles. The van der Waals surface area contributed by atoms with Crippen LogP contribution in [-0.4, -0.2) is 46.4 Å². The van der Waals surface area contributed by atoms with E-state index in [9.17, 15) is 0 Å². The number of ether oxygens (including phenoxy) is 3. The van der Waals surface area contributed by atoms with Gasteiger partial charge in [0, 0.05) is 26.1 Å². The van der Waals surface area contributed by atoms with E-state index in [0.29, 0.717) is 24.4 Å². The zero-order chi connectivity index (χ0) is 10.3. The molecule has 2 bridgehead atoms. The number of rotatable bonds is 3. The lowest BCUT2D eigenvalue weighted by atomic mass is 9.80. The van der Waals surface area contributed by atoms with E-state index < -0.39 is 0 Å². The van der Waals surface area contributed by atoms with Crippen molar-refractivity contribution in [1.82, 2.24) is 0 Å². The molecule has 0 spiro atoms. The first-order valence-electron chi connectivity index (χ1n) is 5.34. The fourth-order valence-electron chi connectivity index (χ4n) is 3.51. The maximum absolute atomic E-state index is 6.01. The fraction of sp³-hybridized carbons (Fsp3) is 1.00. The Kier molecular flexibility index (Phi) is 2.62. The summed E-state index contributed by atoms with van der Waals surface area (Å²) in [5, 5.41) is 0. The second kappa shape index (κ2) is 3.51.